The molecule has 0 saturated carbocycles. The highest BCUT2D eigenvalue weighted by atomic mass is 16.5. The number of carbonyl (C=O) groups is 3. The molecular weight excluding hydrogens is 264 g/mol. The molecule has 20 heavy (non-hydrogen) atoms. The number of hydrogen-bond acceptors (Lipinski definition) is 6. The number of hydrogen-bond donors (Lipinski definition) is 1. The predicted molar refractivity (Wildman–Crippen MR) is 69.9 cm³/mol. The molecule has 1 N–H and O–H groups in total. The monoisotopic (exact) mass is 282 g/mol. The van der Waals surface area contributed by atoms with Crippen LogP contribution in [0.3, 0.4) is 0 Å². The lowest BCUT2D eigenvalue weighted by molar-refractivity contribution is -0.143. The summed E-state index contributed by atoms with van der Waals surface area (Å²) in [5.41, 5.74) is 0. The Bertz CT molecular complexity index is 455. The summed E-state index contributed by atoms with van der Waals surface area (Å²) < 4.78 is 9.65. The van der Waals surface area contributed by atoms with Crippen LogP contribution in [0, 0.1) is 0 Å². The highest BCUT2D eigenvalue weighted by Crippen LogP contribution is 1.99. The summed E-state index contributed by atoms with van der Waals surface area (Å²) in [5, 5.41) is 2.20. The molecule has 0 unspecified atom stereocenters. The van der Waals surface area contributed by atoms with Gasteiger partial charge < -0.3 is 9.15 Å². The van der Waals surface area contributed by atoms with Gasteiger partial charge in [-0.25, -0.2) is 0 Å². The van der Waals surface area contributed by atoms with Gasteiger partial charge in [0.2, 0.25) is 5.91 Å². The third-order valence-corrected chi connectivity index (χ3v) is 2.41. The molecule has 1 rings (SSSR count). The number of carbonyl (C=O) groups excluding carboxylic acids is 3. The number of ether oxygens (including phenoxy) is 1. The van der Waals surface area contributed by atoms with E-state index < -0.39 is 11.8 Å². The molecule has 0 bridgehead atoms. The van der Waals surface area contributed by atoms with Crippen molar-refractivity contribution in [2.75, 3.05) is 26.7 Å². The standard InChI is InChI=1S/C13H18N2O5/c1-3-19-12(17)6-7-15(2)9-11(16)14-13(18)10-5-4-8-20-10/h4-5,8H,3,6-7,9H2,1-2H3,(H,14,16,18). The summed E-state index contributed by atoms with van der Waals surface area (Å²) in [7, 11) is 1.68. The number of imide groups is 1. The second kappa shape index (κ2) is 8.11. The average Bonchev–Trinajstić information content (AvgIpc) is 2.90. The summed E-state index contributed by atoms with van der Waals surface area (Å²) in [5.74, 6) is -1.28. The normalized spacial score (nSPS) is 10.3. The number of amides is 2. The lowest BCUT2D eigenvalue weighted by Crippen LogP contribution is -2.39. The number of nitrogens with one attached hydrogen (secondary N) is 1. The van der Waals surface area contributed by atoms with Crippen LogP contribution in [0.2, 0.25) is 0 Å². The van der Waals surface area contributed by atoms with E-state index in [1.54, 1.807) is 24.9 Å². The summed E-state index contributed by atoms with van der Waals surface area (Å²) in [6.45, 7) is 2.45. The van der Waals surface area contributed by atoms with E-state index in [1.807, 2.05) is 0 Å². The van der Waals surface area contributed by atoms with Crippen LogP contribution in [0.25, 0.3) is 0 Å². The first-order chi connectivity index (χ1) is 9.52. The van der Waals surface area contributed by atoms with E-state index in [-0.39, 0.29) is 24.7 Å². The number of likely N-dealkylation sites (N-methyl/N-ethyl adjacent to an activating group) is 1. The van der Waals surface area contributed by atoms with Gasteiger partial charge in [0, 0.05) is 6.54 Å². The number of furan rings is 1. The van der Waals surface area contributed by atoms with Crippen molar-refractivity contribution < 1.29 is 23.5 Å². The fraction of sp³-hybridized carbons (Fsp3) is 0.462. The van der Waals surface area contributed by atoms with Crippen LogP contribution in [-0.2, 0) is 14.3 Å². The molecular formula is C13H18N2O5. The number of rotatable bonds is 7. The van der Waals surface area contributed by atoms with Crippen LogP contribution in [-0.4, -0.2) is 49.4 Å². The molecule has 0 aromatic carbocycles. The van der Waals surface area contributed by atoms with Crippen molar-refractivity contribution in [3.05, 3.63) is 24.2 Å². The number of nitrogens with zero attached hydrogens (tertiary/aromatic N) is 1. The van der Waals surface area contributed by atoms with Crippen molar-refractivity contribution in [2.24, 2.45) is 0 Å². The predicted octanol–water partition coefficient (Wildman–Crippen LogP) is 0.421. The maximum Gasteiger partial charge on any atom is 0.307 e. The van der Waals surface area contributed by atoms with Gasteiger partial charge in [-0.3, -0.25) is 24.6 Å². The molecule has 0 aliphatic carbocycles. The maximum atomic E-state index is 11.6. The van der Waals surface area contributed by atoms with Gasteiger partial charge in [0.15, 0.2) is 5.76 Å². The minimum absolute atomic E-state index is 0.00581. The molecule has 7 nitrogen and oxygen atoms in total. The Labute approximate surface area is 116 Å². The molecule has 2 amide bonds. The van der Waals surface area contributed by atoms with Gasteiger partial charge in [0.1, 0.15) is 0 Å². The van der Waals surface area contributed by atoms with E-state index in [1.165, 1.54) is 12.3 Å². The van der Waals surface area contributed by atoms with Crippen molar-refractivity contribution in [1.29, 1.82) is 0 Å². The Balaban J connectivity index is 2.28. The molecule has 0 saturated heterocycles. The lowest BCUT2D eigenvalue weighted by Gasteiger charge is -2.14. The first-order valence-electron chi connectivity index (χ1n) is 6.24. The molecule has 0 atom stereocenters. The van der Waals surface area contributed by atoms with E-state index in [2.05, 4.69) is 5.32 Å². The maximum absolute atomic E-state index is 11.6. The number of esters is 1. The topological polar surface area (TPSA) is 88.9 Å². The second-order valence-electron chi connectivity index (χ2n) is 4.15. The molecule has 0 aliphatic rings. The van der Waals surface area contributed by atoms with E-state index in [9.17, 15) is 14.4 Å². The zero-order valence-electron chi connectivity index (χ0n) is 11.5. The van der Waals surface area contributed by atoms with Crippen molar-refractivity contribution in [3.63, 3.8) is 0 Å². The van der Waals surface area contributed by atoms with Crippen LogP contribution in [0.5, 0.6) is 0 Å². The molecule has 1 heterocycles. The van der Waals surface area contributed by atoms with Crippen LogP contribution < -0.4 is 5.32 Å². The second-order valence-corrected chi connectivity index (χ2v) is 4.15. The summed E-state index contributed by atoms with van der Waals surface area (Å²) in [4.78, 5) is 35.9. The third kappa shape index (κ3) is 5.66. The minimum Gasteiger partial charge on any atom is -0.466 e. The Morgan fingerprint density at radius 1 is 1.40 bits per heavy atom. The van der Waals surface area contributed by atoms with Gasteiger partial charge in [-0.15, -0.1) is 0 Å². The first kappa shape index (κ1) is 15.9. The zero-order chi connectivity index (χ0) is 15.0. The fourth-order valence-electron chi connectivity index (χ4n) is 1.48. The fourth-order valence-corrected chi connectivity index (χ4v) is 1.48. The van der Waals surface area contributed by atoms with Gasteiger partial charge >= 0.3 is 5.97 Å². The van der Waals surface area contributed by atoms with Gasteiger partial charge in [-0.1, -0.05) is 0 Å². The van der Waals surface area contributed by atoms with Crippen molar-refractivity contribution in [1.82, 2.24) is 10.2 Å². The van der Waals surface area contributed by atoms with Gasteiger partial charge in [-0.2, -0.15) is 0 Å². The van der Waals surface area contributed by atoms with Gasteiger partial charge in [0.05, 0.1) is 25.8 Å². The smallest absolute Gasteiger partial charge is 0.307 e. The van der Waals surface area contributed by atoms with Crippen LogP contribution in [0.1, 0.15) is 23.9 Å². The highest BCUT2D eigenvalue weighted by molar-refractivity contribution is 6.03. The van der Waals surface area contributed by atoms with E-state index >= 15 is 0 Å². The molecule has 0 spiro atoms. The molecule has 1 aromatic rings. The first-order valence-corrected chi connectivity index (χ1v) is 6.24. The Hall–Kier alpha value is -2.15. The van der Waals surface area contributed by atoms with Crippen molar-refractivity contribution in [3.8, 4) is 0 Å². The third-order valence-electron chi connectivity index (χ3n) is 2.41. The average molecular weight is 282 g/mol. The lowest BCUT2D eigenvalue weighted by atomic mass is 10.3. The molecule has 0 fully saturated rings. The van der Waals surface area contributed by atoms with Gasteiger partial charge in [0.25, 0.3) is 5.91 Å². The summed E-state index contributed by atoms with van der Waals surface area (Å²) in [6.07, 6.45) is 1.55. The van der Waals surface area contributed by atoms with Crippen LogP contribution in [0.4, 0.5) is 0 Å². The molecule has 7 heteroatoms. The molecule has 0 radical (unpaired) electrons. The van der Waals surface area contributed by atoms with Crippen LogP contribution in [0.15, 0.2) is 22.8 Å². The quantitative estimate of drug-likeness (QED) is 0.729. The highest BCUT2D eigenvalue weighted by Gasteiger charge is 2.14. The zero-order valence-corrected chi connectivity index (χ0v) is 11.5. The van der Waals surface area contributed by atoms with E-state index in [4.69, 9.17) is 9.15 Å². The Kier molecular flexibility index (Phi) is 6.45. The SMILES string of the molecule is CCOC(=O)CCN(C)CC(=O)NC(=O)c1ccco1. The van der Waals surface area contributed by atoms with Crippen LogP contribution >= 0.6 is 0 Å². The Morgan fingerprint density at radius 3 is 2.75 bits per heavy atom. The van der Waals surface area contributed by atoms with E-state index in [0.29, 0.717) is 13.2 Å². The largest absolute Gasteiger partial charge is 0.466 e. The molecule has 0 aliphatic heterocycles. The van der Waals surface area contributed by atoms with E-state index in [0.717, 1.165) is 0 Å². The molecule has 1 aromatic heterocycles. The Morgan fingerprint density at radius 2 is 2.15 bits per heavy atom. The van der Waals surface area contributed by atoms with Gasteiger partial charge in [-0.05, 0) is 26.1 Å². The minimum atomic E-state index is -0.584. The van der Waals surface area contributed by atoms with Crippen molar-refractivity contribution >= 4 is 17.8 Å². The molecule has 110 valence electrons. The summed E-state index contributed by atoms with van der Waals surface area (Å²) >= 11 is 0. The van der Waals surface area contributed by atoms with Crippen molar-refractivity contribution in [2.45, 2.75) is 13.3 Å². The summed E-state index contributed by atoms with van der Waals surface area (Å²) in [6, 6.07) is 3.03.